The number of aromatic nitrogens is 3. The summed E-state index contributed by atoms with van der Waals surface area (Å²) in [6, 6.07) is 49.2. The van der Waals surface area contributed by atoms with Gasteiger partial charge in [0.1, 0.15) is 0 Å². The minimum absolute atomic E-state index is 0.0737. The van der Waals surface area contributed by atoms with Crippen molar-refractivity contribution >= 4 is 10.8 Å². The molecule has 3 nitrogen and oxygen atoms in total. The van der Waals surface area contributed by atoms with E-state index in [1.165, 1.54) is 27.8 Å². The quantitative estimate of drug-likeness (QED) is 0.204. The van der Waals surface area contributed by atoms with Gasteiger partial charge in [0.15, 0.2) is 17.5 Å². The summed E-state index contributed by atoms with van der Waals surface area (Å²) in [7, 11) is 0. The largest absolute Gasteiger partial charge is 0.208 e. The third-order valence-electron chi connectivity index (χ3n) is 10.3. The molecule has 0 saturated heterocycles. The van der Waals surface area contributed by atoms with Gasteiger partial charge in [-0.1, -0.05) is 155 Å². The third kappa shape index (κ3) is 4.38. The van der Waals surface area contributed by atoms with Gasteiger partial charge in [-0.15, -0.1) is 0 Å². The third-order valence-corrected chi connectivity index (χ3v) is 10.3. The first kappa shape index (κ1) is 28.1. The molecule has 3 heteroatoms. The molecule has 46 heavy (non-hydrogen) atoms. The van der Waals surface area contributed by atoms with Crippen molar-refractivity contribution in [3.8, 4) is 56.4 Å². The van der Waals surface area contributed by atoms with E-state index in [2.05, 4.69) is 131 Å². The molecule has 0 saturated carbocycles. The summed E-state index contributed by atoms with van der Waals surface area (Å²) in [6.07, 6.45) is 0. The van der Waals surface area contributed by atoms with Crippen LogP contribution < -0.4 is 0 Å². The Morgan fingerprint density at radius 3 is 1.63 bits per heavy atom. The van der Waals surface area contributed by atoms with Crippen LogP contribution in [0.5, 0.6) is 0 Å². The zero-order chi connectivity index (χ0) is 31.5. The van der Waals surface area contributed by atoms with E-state index in [1.54, 1.807) is 0 Å². The summed E-state index contributed by atoms with van der Waals surface area (Å²) in [5.74, 6) is 1.99. The Morgan fingerprint density at radius 1 is 0.391 bits per heavy atom. The van der Waals surface area contributed by atoms with Gasteiger partial charge >= 0.3 is 0 Å². The van der Waals surface area contributed by atoms with Crippen LogP contribution in [-0.4, -0.2) is 15.0 Å². The van der Waals surface area contributed by atoms with Crippen LogP contribution in [0.4, 0.5) is 0 Å². The zero-order valence-electron chi connectivity index (χ0n) is 26.6. The van der Waals surface area contributed by atoms with Crippen molar-refractivity contribution in [2.45, 2.75) is 38.5 Å². The maximum atomic E-state index is 5.13. The Hall–Kier alpha value is -5.41. The lowest BCUT2D eigenvalue weighted by Crippen LogP contribution is -2.43. The molecule has 0 amide bonds. The monoisotopic (exact) mass is 593 g/mol. The van der Waals surface area contributed by atoms with Gasteiger partial charge in [-0.3, -0.25) is 0 Å². The number of benzene rings is 6. The van der Waals surface area contributed by atoms with Crippen LogP contribution in [0.3, 0.4) is 0 Å². The van der Waals surface area contributed by atoms with E-state index in [-0.39, 0.29) is 10.8 Å². The van der Waals surface area contributed by atoms with Crippen LogP contribution in [-0.2, 0) is 10.8 Å². The first-order chi connectivity index (χ1) is 22.3. The van der Waals surface area contributed by atoms with Crippen LogP contribution >= 0.6 is 0 Å². The van der Waals surface area contributed by atoms with Crippen LogP contribution in [0.2, 0.25) is 0 Å². The summed E-state index contributed by atoms with van der Waals surface area (Å²) in [4.78, 5) is 15.2. The van der Waals surface area contributed by atoms with Crippen LogP contribution in [0, 0.1) is 0 Å². The van der Waals surface area contributed by atoms with Gasteiger partial charge in [-0.25, -0.2) is 15.0 Å². The second-order valence-corrected chi connectivity index (χ2v) is 13.3. The van der Waals surface area contributed by atoms with Crippen molar-refractivity contribution in [1.82, 2.24) is 15.0 Å². The number of hydrogen-bond acceptors (Lipinski definition) is 3. The van der Waals surface area contributed by atoms with Gasteiger partial charge in [-0.2, -0.15) is 0 Å². The summed E-state index contributed by atoms with van der Waals surface area (Å²) in [5.41, 5.74) is 10.5. The van der Waals surface area contributed by atoms with E-state index in [4.69, 9.17) is 15.0 Å². The highest BCUT2D eigenvalue weighted by atomic mass is 15.0. The second kappa shape index (κ2) is 10.6. The van der Waals surface area contributed by atoms with E-state index < -0.39 is 0 Å². The molecule has 1 aromatic heterocycles. The molecule has 8 rings (SSSR count). The standard InChI is InChI=1S/C43H35N3/c1-42(2)37-25-14-13-22-34(37)35-24-15-23-33(38(35)43(42,3)4)31-26-30-20-11-12-21-32(30)36(27-31)41-45-39(28-16-7-5-8-17-28)44-40(46-41)29-18-9-6-10-19-29/h5-27H,1-4H3. The Balaban J connectivity index is 1.41. The van der Waals surface area contributed by atoms with Crippen molar-refractivity contribution in [3.63, 3.8) is 0 Å². The van der Waals surface area contributed by atoms with E-state index >= 15 is 0 Å². The maximum absolute atomic E-state index is 5.13. The Bertz CT molecular complexity index is 2190. The molecule has 0 spiro atoms. The lowest BCUT2D eigenvalue weighted by atomic mass is 9.54. The molecule has 0 N–H and O–H groups in total. The molecular formula is C43H35N3. The molecule has 1 aliphatic carbocycles. The predicted octanol–water partition coefficient (Wildman–Crippen LogP) is 10.9. The van der Waals surface area contributed by atoms with Crippen molar-refractivity contribution in [3.05, 3.63) is 151 Å². The van der Waals surface area contributed by atoms with Crippen LogP contribution in [0.1, 0.15) is 38.8 Å². The Morgan fingerprint density at radius 2 is 0.935 bits per heavy atom. The fourth-order valence-electron chi connectivity index (χ4n) is 7.18. The first-order valence-electron chi connectivity index (χ1n) is 16.0. The first-order valence-corrected chi connectivity index (χ1v) is 16.0. The van der Waals surface area contributed by atoms with E-state index in [1.807, 2.05) is 36.4 Å². The molecule has 6 aromatic carbocycles. The summed E-state index contributed by atoms with van der Waals surface area (Å²) in [5, 5.41) is 2.27. The summed E-state index contributed by atoms with van der Waals surface area (Å²) in [6.45, 7) is 9.58. The number of rotatable bonds is 4. The number of hydrogen-bond donors (Lipinski definition) is 0. The maximum Gasteiger partial charge on any atom is 0.164 e. The second-order valence-electron chi connectivity index (χ2n) is 13.3. The molecule has 1 heterocycles. The normalized spacial score (nSPS) is 14.4. The molecule has 0 aliphatic heterocycles. The Labute approximate surface area is 270 Å². The molecule has 0 radical (unpaired) electrons. The molecule has 0 bridgehead atoms. The number of fused-ring (bicyclic) bond motifs is 4. The van der Waals surface area contributed by atoms with E-state index in [9.17, 15) is 0 Å². The molecule has 222 valence electrons. The summed E-state index contributed by atoms with van der Waals surface area (Å²) < 4.78 is 0. The minimum atomic E-state index is -0.132. The van der Waals surface area contributed by atoms with Crippen molar-refractivity contribution in [2.75, 3.05) is 0 Å². The van der Waals surface area contributed by atoms with Gasteiger partial charge in [0, 0.05) is 22.1 Å². The van der Waals surface area contributed by atoms with Gasteiger partial charge in [0.2, 0.25) is 0 Å². The summed E-state index contributed by atoms with van der Waals surface area (Å²) >= 11 is 0. The fourth-order valence-corrected chi connectivity index (χ4v) is 7.18. The van der Waals surface area contributed by atoms with Gasteiger partial charge in [0.05, 0.1) is 0 Å². The minimum Gasteiger partial charge on any atom is -0.208 e. The lowest BCUT2D eigenvalue weighted by Gasteiger charge is -2.49. The molecule has 7 aromatic rings. The SMILES string of the molecule is CC1(C)c2ccccc2-c2cccc(-c3cc(-c4nc(-c5ccccc5)nc(-c5ccccc5)n4)c4ccccc4c3)c2C1(C)C. The Kier molecular flexibility index (Phi) is 6.47. The highest BCUT2D eigenvalue weighted by Gasteiger charge is 2.46. The van der Waals surface area contributed by atoms with Gasteiger partial charge in [-0.05, 0) is 61.7 Å². The van der Waals surface area contributed by atoms with Crippen molar-refractivity contribution < 1.29 is 0 Å². The van der Waals surface area contributed by atoms with Crippen molar-refractivity contribution in [1.29, 1.82) is 0 Å². The molecule has 0 unspecified atom stereocenters. The highest BCUT2D eigenvalue weighted by Crippen LogP contribution is 2.56. The molecule has 1 aliphatic rings. The predicted molar refractivity (Wildman–Crippen MR) is 191 cm³/mol. The number of nitrogens with zero attached hydrogens (tertiary/aromatic N) is 3. The molecule has 0 atom stereocenters. The molecule has 0 fully saturated rings. The van der Waals surface area contributed by atoms with Gasteiger partial charge < -0.3 is 0 Å². The zero-order valence-corrected chi connectivity index (χ0v) is 26.6. The van der Waals surface area contributed by atoms with Crippen LogP contribution in [0.15, 0.2) is 140 Å². The lowest BCUT2D eigenvalue weighted by molar-refractivity contribution is 0.300. The van der Waals surface area contributed by atoms with Crippen molar-refractivity contribution in [2.24, 2.45) is 0 Å². The molecular weight excluding hydrogens is 558 g/mol. The van der Waals surface area contributed by atoms with E-state index in [0.717, 1.165) is 33.0 Å². The fraction of sp³-hybridized carbons (Fsp3) is 0.140. The van der Waals surface area contributed by atoms with E-state index in [0.29, 0.717) is 17.5 Å². The average Bonchev–Trinajstić information content (AvgIpc) is 3.11. The average molecular weight is 594 g/mol. The van der Waals surface area contributed by atoms with Gasteiger partial charge in [0.25, 0.3) is 0 Å². The topological polar surface area (TPSA) is 38.7 Å². The van der Waals surface area contributed by atoms with Crippen LogP contribution in [0.25, 0.3) is 67.2 Å². The smallest absolute Gasteiger partial charge is 0.164 e. The highest BCUT2D eigenvalue weighted by molar-refractivity contribution is 6.00.